The zero-order valence-corrected chi connectivity index (χ0v) is 16.1. The number of carbonyl (C=O) groups excluding carboxylic acids is 3. The first-order valence-electron chi connectivity index (χ1n) is 9.26. The molecule has 148 valence electrons. The lowest BCUT2D eigenvalue weighted by Crippen LogP contribution is -2.52. The largest absolute Gasteiger partial charge is 0.445 e. The summed E-state index contributed by atoms with van der Waals surface area (Å²) in [4.78, 5) is 36.1. The summed E-state index contributed by atoms with van der Waals surface area (Å²) in [6.45, 7) is 3.79. The summed E-state index contributed by atoms with van der Waals surface area (Å²) in [6.07, 6.45) is 0.305. The summed E-state index contributed by atoms with van der Waals surface area (Å²) in [6, 6.07) is 17.1. The predicted octanol–water partition coefficient (Wildman–Crippen LogP) is 2.86. The second-order valence-electron chi connectivity index (χ2n) is 6.86. The van der Waals surface area contributed by atoms with E-state index in [1.165, 1.54) is 0 Å². The number of amides is 2. The number of hydrogen-bond donors (Lipinski definition) is 2. The molecule has 0 unspecified atom stereocenters. The summed E-state index contributed by atoms with van der Waals surface area (Å²) in [5.41, 5.74) is 1.74. The summed E-state index contributed by atoms with van der Waals surface area (Å²) < 4.78 is 5.23. The third-order valence-electron chi connectivity index (χ3n) is 4.28. The minimum absolute atomic E-state index is 0.0520. The molecule has 2 N–H and O–H groups in total. The first-order chi connectivity index (χ1) is 13.5. The van der Waals surface area contributed by atoms with Crippen molar-refractivity contribution < 1.29 is 19.1 Å². The van der Waals surface area contributed by atoms with E-state index in [9.17, 15) is 14.4 Å². The molecule has 0 aliphatic heterocycles. The average Bonchev–Trinajstić information content (AvgIpc) is 2.71. The highest BCUT2D eigenvalue weighted by atomic mass is 16.5. The topological polar surface area (TPSA) is 84.5 Å². The minimum atomic E-state index is -0.855. The van der Waals surface area contributed by atoms with Crippen LogP contribution in [0.5, 0.6) is 0 Å². The monoisotopic (exact) mass is 382 g/mol. The highest BCUT2D eigenvalue weighted by Gasteiger charge is 2.25. The molecule has 0 aliphatic rings. The van der Waals surface area contributed by atoms with Crippen molar-refractivity contribution in [3.63, 3.8) is 0 Å². The van der Waals surface area contributed by atoms with Crippen LogP contribution in [0, 0.1) is 5.92 Å². The lowest BCUT2D eigenvalue weighted by Gasteiger charge is -2.22. The van der Waals surface area contributed by atoms with Crippen molar-refractivity contribution in [1.29, 1.82) is 0 Å². The molecular weight excluding hydrogens is 356 g/mol. The maximum atomic E-state index is 12.7. The Bertz CT molecular complexity index is 763. The third kappa shape index (κ3) is 6.87. The van der Waals surface area contributed by atoms with Crippen molar-refractivity contribution in [1.82, 2.24) is 10.6 Å². The molecule has 2 aromatic rings. The first-order valence-corrected chi connectivity index (χ1v) is 9.26. The zero-order valence-electron chi connectivity index (χ0n) is 16.1. The van der Waals surface area contributed by atoms with Crippen molar-refractivity contribution in [2.45, 2.75) is 39.0 Å². The van der Waals surface area contributed by atoms with E-state index in [0.717, 1.165) is 11.1 Å². The zero-order chi connectivity index (χ0) is 20.4. The molecule has 2 amide bonds. The Hall–Kier alpha value is -3.15. The van der Waals surface area contributed by atoms with E-state index in [0.29, 0.717) is 6.29 Å². The number of carbonyl (C=O) groups is 3. The van der Waals surface area contributed by atoms with Gasteiger partial charge in [-0.15, -0.1) is 0 Å². The van der Waals surface area contributed by atoms with Crippen LogP contribution in [0.3, 0.4) is 0 Å². The van der Waals surface area contributed by atoms with E-state index in [1.54, 1.807) is 0 Å². The normalized spacial score (nSPS) is 12.7. The average molecular weight is 382 g/mol. The molecule has 0 aromatic heterocycles. The van der Waals surface area contributed by atoms with Gasteiger partial charge in [-0.2, -0.15) is 0 Å². The smallest absolute Gasteiger partial charge is 0.408 e. The Labute approximate surface area is 165 Å². The van der Waals surface area contributed by atoms with E-state index < -0.39 is 24.1 Å². The Balaban J connectivity index is 2.03. The van der Waals surface area contributed by atoms with Crippen molar-refractivity contribution in [3.8, 4) is 0 Å². The van der Waals surface area contributed by atoms with Gasteiger partial charge in [-0.25, -0.2) is 4.79 Å². The van der Waals surface area contributed by atoms with Gasteiger partial charge in [-0.05, 0) is 17.0 Å². The van der Waals surface area contributed by atoms with Crippen LogP contribution in [0.4, 0.5) is 4.79 Å². The molecule has 2 aromatic carbocycles. The molecule has 6 heteroatoms. The highest BCUT2D eigenvalue weighted by Crippen LogP contribution is 2.07. The maximum absolute atomic E-state index is 12.7. The van der Waals surface area contributed by atoms with Crippen molar-refractivity contribution >= 4 is 18.3 Å². The number of hydrogen-bond acceptors (Lipinski definition) is 4. The van der Waals surface area contributed by atoms with Crippen LogP contribution in [0.1, 0.15) is 25.0 Å². The molecule has 0 aliphatic carbocycles. The van der Waals surface area contributed by atoms with Gasteiger partial charge in [0.25, 0.3) is 0 Å². The van der Waals surface area contributed by atoms with Gasteiger partial charge >= 0.3 is 6.09 Å². The highest BCUT2D eigenvalue weighted by molar-refractivity contribution is 5.87. The fourth-order valence-electron chi connectivity index (χ4n) is 2.59. The fourth-order valence-corrected chi connectivity index (χ4v) is 2.59. The summed E-state index contributed by atoms with van der Waals surface area (Å²) in [5.74, 6) is -0.477. The second kappa shape index (κ2) is 10.9. The molecule has 0 heterocycles. The van der Waals surface area contributed by atoms with Crippen molar-refractivity contribution in [2.75, 3.05) is 0 Å². The van der Waals surface area contributed by atoms with E-state index in [4.69, 9.17) is 4.74 Å². The molecule has 0 radical (unpaired) electrons. The minimum Gasteiger partial charge on any atom is -0.445 e. The predicted molar refractivity (Wildman–Crippen MR) is 107 cm³/mol. The van der Waals surface area contributed by atoms with Crippen LogP contribution in [-0.2, 0) is 27.4 Å². The number of ether oxygens (including phenoxy) is 1. The van der Waals surface area contributed by atoms with E-state index in [2.05, 4.69) is 10.6 Å². The molecule has 2 atom stereocenters. The third-order valence-corrected chi connectivity index (χ3v) is 4.28. The van der Waals surface area contributed by atoms with Gasteiger partial charge in [0.1, 0.15) is 18.9 Å². The Kier molecular flexibility index (Phi) is 8.21. The lowest BCUT2D eigenvalue weighted by atomic mass is 10.0. The number of benzene rings is 2. The van der Waals surface area contributed by atoms with Crippen molar-refractivity contribution in [3.05, 3.63) is 71.8 Å². The standard InChI is InChI=1S/C22H26N2O4/c1-16(2)20(14-25)23-21(26)19(13-17-9-5-3-6-10-17)24-22(27)28-15-18-11-7-4-8-12-18/h3-12,14,16,19-20H,13,15H2,1-2H3,(H,23,26)(H,24,27)/t19-,20+/m0/s1. The Morgan fingerprint density at radius 3 is 2.04 bits per heavy atom. The van der Waals surface area contributed by atoms with Gasteiger partial charge in [-0.3, -0.25) is 4.79 Å². The molecule has 28 heavy (non-hydrogen) atoms. The number of rotatable bonds is 9. The summed E-state index contributed by atoms with van der Waals surface area (Å²) >= 11 is 0. The quantitative estimate of drug-likeness (QED) is 0.653. The van der Waals surface area contributed by atoms with Gasteiger partial charge in [0.15, 0.2) is 0 Å². The van der Waals surface area contributed by atoms with Crippen LogP contribution in [-0.4, -0.2) is 30.4 Å². The van der Waals surface area contributed by atoms with E-state index in [1.807, 2.05) is 74.5 Å². The SMILES string of the molecule is CC(C)[C@@H](C=O)NC(=O)[C@H](Cc1ccccc1)NC(=O)OCc1ccccc1. The maximum Gasteiger partial charge on any atom is 0.408 e. The second-order valence-corrected chi connectivity index (χ2v) is 6.86. The fraction of sp³-hybridized carbons (Fsp3) is 0.318. The number of aldehydes is 1. The van der Waals surface area contributed by atoms with Crippen LogP contribution >= 0.6 is 0 Å². The van der Waals surface area contributed by atoms with Crippen LogP contribution < -0.4 is 10.6 Å². The molecular formula is C22H26N2O4. The van der Waals surface area contributed by atoms with Crippen molar-refractivity contribution in [2.24, 2.45) is 5.92 Å². The Morgan fingerprint density at radius 1 is 0.929 bits per heavy atom. The molecule has 6 nitrogen and oxygen atoms in total. The van der Waals surface area contributed by atoms with Crippen LogP contribution in [0.25, 0.3) is 0 Å². The van der Waals surface area contributed by atoms with E-state index >= 15 is 0 Å². The van der Waals surface area contributed by atoms with Gasteiger partial charge in [-0.1, -0.05) is 74.5 Å². The lowest BCUT2D eigenvalue weighted by molar-refractivity contribution is -0.126. The van der Waals surface area contributed by atoms with Gasteiger partial charge in [0.2, 0.25) is 5.91 Å². The van der Waals surface area contributed by atoms with Crippen LogP contribution in [0.2, 0.25) is 0 Å². The first kappa shape index (κ1) is 21.2. The van der Waals surface area contributed by atoms with E-state index in [-0.39, 0.29) is 18.9 Å². The van der Waals surface area contributed by atoms with Gasteiger partial charge < -0.3 is 20.2 Å². The summed E-state index contributed by atoms with van der Waals surface area (Å²) in [7, 11) is 0. The molecule has 0 saturated carbocycles. The molecule has 0 bridgehead atoms. The molecule has 2 rings (SSSR count). The number of nitrogens with one attached hydrogen (secondary N) is 2. The molecule has 0 fully saturated rings. The van der Waals surface area contributed by atoms with Gasteiger partial charge in [0, 0.05) is 6.42 Å². The molecule has 0 saturated heterocycles. The van der Waals surface area contributed by atoms with Crippen LogP contribution in [0.15, 0.2) is 60.7 Å². The molecule has 0 spiro atoms. The number of alkyl carbamates (subject to hydrolysis) is 1. The van der Waals surface area contributed by atoms with Gasteiger partial charge in [0.05, 0.1) is 6.04 Å². The Morgan fingerprint density at radius 2 is 1.50 bits per heavy atom. The summed E-state index contributed by atoms with van der Waals surface area (Å²) in [5, 5.41) is 5.30.